The molecular weight excluding hydrogens is 384 g/mol. The van der Waals surface area contributed by atoms with Crippen LogP contribution in [0.3, 0.4) is 0 Å². The largest absolute Gasteiger partial charge is 0.497 e. The van der Waals surface area contributed by atoms with Crippen molar-refractivity contribution in [1.82, 2.24) is 19.2 Å². The Morgan fingerprint density at radius 1 is 1.21 bits per heavy atom. The molecule has 0 spiro atoms. The zero-order valence-electron chi connectivity index (χ0n) is 17.1. The van der Waals surface area contributed by atoms with Crippen LogP contribution in [0.25, 0.3) is 21.7 Å². The number of rotatable bonds is 2. The van der Waals surface area contributed by atoms with Crippen LogP contribution in [0.4, 0.5) is 0 Å². The van der Waals surface area contributed by atoms with E-state index in [4.69, 9.17) is 4.74 Å². The Kier molecular flexibility index (Phi) is 4.07. The van der Waals surface area contributed by atoms with Crippen LogP contribution >= 0.6 is 11.3 Å². The number of nitrogens with zero attached hydrogens (tertiary/aromatic N) is 4. The third kappa shape index (κ3) is 2.79. The van der Waals surface area contributed by atoms with Crippen LogP contribution in [0.1, 0.15) is 37.6 Å². The lowest BCUT2D eigenvalue weighted by atomic mass is 9.72. The van der Waals surface area contributed by atoms with Gasteiger partial charge in [-0.2, -0.15) is 0 Å². The van der Waals surface area contributed by atoms with E-state index < -0.39 is 0 Å². The molecule has 0 fully saturated rings. The van der Waals surface area contributed by atoms with Crippen molar-refractivity contribution in [3.63, 3.8) is 0 Å². The minimum Gasteiger partial charge on any atom is -0.497 e. The van der Waals surface area contributed by atoms with Gasteiger partial charge in [-0.1, -0.05) is 20.8 Å². The summed E-state index contributed by atoms with van der Waals surface area (Å²) in [4.78, 5) is 16.0. The fourth-order valence-corrected chi connectivity index (χ4v) is 5.78. The molecule has 5 rings (SSSR count). The molecule has 0 saturated carbocycles. The van der Waals surface area contributed by atoms with E-state index in [0.29, 0.717) is 11.7 Å². The summed E-state index contributed by atoms with van der Waals surface area (Å²) >= 11 is 1.73. The number of ether oxygens (including phenoxy) is 1. The van der Waals surface area contributed by atoms with E-state index in [1.54, 1.807) is 29.3 Å². The molecule has 1 aliphatic carbocycles. The molecule has 0 aliphatic heterocycles. The van der Waals surface area contributed by atoms with Crippen molar-refractivity contribution < 1.29 is 4.74 Å². The van der Waals surface area contributed by atoms with Crippen molar-refractivity contribution in [3.8, 4) is 11.4 Å². The average Bonchev–Trinajstić information content (AvgIpc) is 3.32. The molecular formula is C22H24N4O2S. The highest BCUT2D eigenvalue weighted by Crippen LogP contribution is 2.42. The van der Waals surface area contributed by atoms with E-state index in [9.17, 15) is 4.79 Å². The van der Waals surface area contributed by atoms with Crippen molar-refractivity contribution in [2.45, 2.75) is 40.0 Å². The first-order valence-electron chi connectivity index (χ1n) is 9.92. The van der Waals surface area contributed by atoms with Gasteiger partial charge in [0, 0.05) is 4.88 Å². The van der Waals surface area contributed by atoms with Gasteiger partial charge in [0.2, 0.25) is 5.78 Å². The summed E-state index contributed by atoms with van der Waals surface area (Å²) in [6.45, 7) is 6.93. The van der Waals surface area contributed by atoms with E-state index in [2.05, 4.69) is 31.0 Å². The predicted molar refractivity (Wildman–Crippen MR) is 115 cm³/mol. The first kappa shape index (κ1) is 18.4. The van der Waals surface area contributed by atoms with Crippen LogP contribution in [-0.2, 0) is 12.8 Å². The van der Waals surface area contributed by atoms with Crippen LogP contribution in [0.2, 0.25) is 0 Å². The fraction of sp³-hybridized carbons (Fsp3) is 0.409. The van der Waals surface area contributed by atoms with Crippen LogP contribution in [-0.4, -0.2) is 26.3 Å². The molecule has 0 saturated heterocycles. The molecule has 150 valence electrons. The number of aromatic nitrogens is 4. The highest BCUT2D eigenvalue weighted by molar-refractivity contribution is 7.18. The SMILES string of the molecule is COc1ccc(-n2c(=O)c3c4c(sc3n3cnnc23)CC(C(C)(C)C)CC4)cc1. The van der Waals surface area contributed by atoms with Gasteiger partial charge < -0.3 is 4.74 Å². The summed E-state index contributed by atoms with van der Waals surface area (Å²) in [5.41, 5.74) is 2.23. The van der Waals surface area contributed by atoms with Crippen LogP contribution in [0.5, 0.6) is 5.75 Å². The highest BCUT2D eigenvalue weighted by atomic mass is 32.1. The van der Waals surface area contributed by atoms with Crippen molar-refractivity contribution in [1.29, 1.82) is 0 Å². The molecule has 1 aliphatic rings. The third-order valence-corrected chi connectivity index (χ3v) is 7.42. The zero-order valence-corrected chi connectivity index (χ0v) is 17.9. The second-order valence-corrected chi connectivity index (χ2v) is 9.91. The quantitative estimate of drug-likeness (QED) is 0.497. The van der Waals surface area contributed by atoms with Crippen LogP contribution in [0.15, 0.2) is 35.4 Å². The van der Waals surface area contributed by atoms with Gasteiger partial charge >= 0.3 is 0 Å². The lowest BCUT2D eigenvalue weighted by Gasteiger charge is -2.33. The van der Waals surface area contributed by atoms with Gasteiger partial charge in [-0.15, -0.1) is 21.5 Å². The van der Waals surface area contributed by atoms with Gasteiger partial charge in [0.25, 0.3) is 5.56 Å². The molecule has 7 heteroatoms. The smallest absolute Gasteiger partial charge is 0.268 e. The number of benzene rings is 1. The zero-order chi connectivity index (χ0) is 20.3. The van der Waals surface area contributed by atoms with E-state index in [0.717, 1.165) is 40.9 Å². The Morgan fingerprint density at radius 3 is 2.66 bits per heavy atom. The van der Waals surface area contributed by atoms with Crippen LogP contribution in [0, 0.1) is 11.3 Å². The van der Waals surface area contributed by atoms with Gasteiger partial charge in [-0.3, -0.25) is 9.20 Å². The van der Waals surface area contributed by atoms with Crippen molar-refractivity contribution >= 4 is 27.3 Å². The topological polar surface area (TPSA) is 61.4 Å². The van der Waals surface area contributed by atoms with Crippen molar-refractivity contribution in [2.75, 3.05) is 7.11 Å². The number of hydrogen-bond acceptors (Lipinski definition) is 5. The number of thiophene rings is 1. The lowest BCUT2D eigenvalue weighted by Crippen LogP contribution is -2.27. The fourth-order valence-electron chi connectivity index (χ4n) is 4.39. The molecule has 1 aromatic carbocycles. The first-order valence-corrected chi connectivity index (χ1v) is 10.7. The third-order valence-electron chi connectivity index (χ3n) is 6.17. The standard InChI is InChI=1S/C22H24N4O2S/c1-22(2,3)13-5-10-16-17(11-13)29-20-18(16)19(27)26(21-24-23-12-25(20)21)14-6-8-15(28-4)9-7-14/h6-9,12-13H,5,10-11H2,1-4H3. The highest BCUT2D eigenvalue weighted by Gasteiger charge is 2.32. The molecule has 3 heterocycles. The summed E-state index contributed by atoms with van der Waals surface area (Å²) < 4.78 is 8.88. The molecule has 1 atom stereocenters. The number of aryl methyl sites for hydroxylation is 1. The lowest BCUT2D eigenvalue weighted by molar-refractivity contribution is 0.218. The van der Waals surface area contributed by atoms with Crippen LogP contribution < -0.4 is 10.3 Å². The molecule has 6 nitrogen and oxygen atoms in total. The molecule has 29 heavy (non-hydrogen) atoms. The normalized spacial score (nSPS) is 17.0. The molecule has 0 amide bonds. The molecule has 0 bridgehead atoms. The second kappa shape index (κ2) is 6.42. The summed E-state index contributed by atoms with van der Waals surface area (Å²) in [7, 11) is 1.63. The number of hydrogen-bond donors (Lipinski definition) is 0. The minimum absolute atomic E-state index is 0.0163. The maximum absolute atomic E-state index is 13.7. The van der Waals surface area contributed by atoms with E-state index >= 15 is 0 Å². The minimum atomic E-state index is -0.0163. The van der Waals surface area contributed by atoms with Gasteiger partial charge in [0.15, 0.2) is 0 Å². The molecule has 0 radical (unpaired) electrons. The molecule has 3 aromatic heterocycles. The van der Waals surface area contributed by atoms with Crippen molar-refractivity contribution in [2.24, 2.45) is 11.3 Å². The Balaban J connectivity index is 1.77. The molecule has 4 aromatic rings. The van der Waals surface area contributed by atoms with Gasteiger partial charge in [0.05, 0.1) is 18.2 Å². The summed E-state index contributed by atoms with van der Waals surface area (Å²) in [5, 5.41) is 9.19. The van der Waals surface area contributed by atoms with E-state index in [-0.39, 0.29) is 11.0 Å². The summed E-state index contributed by atoms with van der Waals surface area (Å²) in [6, 6.07) is 7.48. The van der Waals surface area contributed by atoms with E-state index in [1.165, 1.54) is 10.4 Å². The number of fused-ring (bicyclic) bond motifs is 5. The summed E-state index contributed by atoms with van der Waals surface area (Å²) in [6.07, 6.45) is 4.80. The summed E-state index contributed by atoms with van der Waals surface area (Å²) in [5.74, 6) is 1.92. The van der Waals surface area contributed by atoms with E-state index in [1.807, 2.05) is 28.7 Å². The predicted octanol–water partition coefficient (Wildman–Crippen LogP) is 4.25. The Bertz CT molecular complexity index is 1270. The molecule has 1 unspecified atom stereocenters. The number of methoxy groups -OCH3 is 1. The maximum atomic E-state index is 13.7. The van der Waals surface area contributed by atoms with Gasteiger partial charge in [0.1, 0.15) is 16.9 Å². The Morgan fingerprint density at radius 2 is 1.97 bits per heavy atom. The maximum Gasteiger partial charge on any atom is 0.268 e. The monoisotopic (exact) mass is 408 g/mol. The molecule has 0 N–H and O–H groups in total. The first-order chi connectivity index (χ1) is 13.9. The second-order valence-electron chi connectivity index (χ2n) is 8.83. The van der Waals surface area contributed by atoms with Gasteiger partial charge in [-0.25, -0.2) is 4.57 Å². The average molecular weight is 409 g/mol. The van der Waals surface area contributed by atoms with Gasteiger partial charge in [-0.05, 0) is 60.4 Å². The Hall–Kier alpha value is -2.67. The Labute approximate surface area is 172 Å². The van der Waals surface area contributed by atoms with Crippen molar-refractivity contribution in [3.05, 3.63) is 51.4 Å².